The largest absolute Gasteiger partial charge is 0.375 e. The highest BCUT2D eigenvalue weighted by atomic mass is 16.5. The molecule has 0 fully saturated rings. The van der Waals surface area contributed by atoms with Crippen molar-refractivity contribution in [3.8, 4) is 6.07 Å². The number of pyridine rings is 1. The smallest absolute Gasteiger partial charge is 0.126 e. The van der Waals surface area contributed by atoms with Crippen LogP contribution < -0.4 is 5.32 Å². The number of nitrogens with zero attached hydrogens (tertiary/aromatic N) is 2. The average molecular weight is 253 g/mol. The Balaban J connectivity index is 1.98. The third-order valence-electron chi connectivity index (χ3n) is 2.82. The number of nitrogens with one attached hydrogen (secondary N) is 1. The Hall–Kier alpha value is -2.38. The zero-order valence-corrected chi connectivity index (χ0v) is 10.7. The van der Waals surface area contributed by atoms with Crippen LogP contribution >= 0.6 is 0 Å². The van der Waals surface area contributed by atoms with E-state index < -0.39 is 0 Å². The lowest BCUT2D eigenvalue weighted by Gasteiger charge is -2.16. The number of methoxy groups -OCH3 is 1. The molecular weight excluding hydrogens is 238 g/mol. The molecule has 0 unspecified atom stereocenters. The first-order valence-corrected chi connectivity index (χ1v) is 6.01. The molecule has 0 amide bonds. The summed E-state index contributed by atoms with van der Waals surface area (Å²) in [5, 5.41) is 11.9. The van der Waals surface area contributed by atoms with Crippen molar-refractivity contribution in [1.29, 1.82) is 5.26 Å². The normalized spacial score (nSPS) is 11.6. The lowest BCUT2D eigenvalue weighted by Crippen LogP contribution is -2.15. The maximum absolute atomic E-state index is 8.70. The van der Waals surface area contributed by atoms with E-state index in [1.54, 1.807) is 25.4 Å². The van der Waals surface area contributed by atoms with Crippen LogP contribution in [0.1, 0.15) is 17.2 Å². The summed E-state index contributed by atoms with van der Waals surface area (Å²) in [5.74, 6) is 0.733. The SMILES string of the molecule is CO[C@H](CNc1ccc(C#N)cn1)c1ccccc1. The van der Waals surface area contributed by atoms with Gasteiger partial charge in [0, 0.05) is 19.9 Å². The van der Waals surface area contributed by atoms with Gasteiger partial charge in [-0.2, -0.15) is 5.26 Å². The van der Waals surface area contributed by atoms with Gasteiger partial charge in [-0.15, -0.1) is 0 Å². The quantitative estimate of drug-likeness (QED) is 0.890. The van der Waals surface area contributed by atoms with Crippen LogP contribution in [0, 0.1) is 11.3 Å². The Bertz CT molecular complexity index is 546. The summed E-state index contributed by atoms with van der Waals surface area (Å²) >= 11 is 0. The number of benzene rings is 1. The predicted octanol–water partition coefficient (Wildman–Crippen LogP) is 2.75. The maximum Gasteiger partial charge on any atom is 0.126 e. The summed E-state index contributed by atoms with van der Waals surface area (Å²) in [6, 6.07) is 15.6. The first-order chi connectivity index (χ1) is 9.33. The summed E-state index contributed by atoms with van der Waals surface area (Å²) in [6.45, 7) is 0.624. The van der Waals surface area contributed by atoms with E-state index in [-0.39, 0.29) is 6.10 Å². The van der Waals surface area contributed by atoms with E-state index in [1.807, 2.05) is 36.4 Å². The molecule has 96 valence electrons. The zero-order chi connectivity index (χ0) is 13.5. The number of nitriles is 1. The van der Waals surface area contributed by atoms with E-state index in [0.29, 0.717) is 12.1 Å². The molecule has 1 aromatic heterocycles. The van der Waals surface area contributed by atoms with Gasteiger partial charge in [0.2, 0.25) is 0 Å². The first kappa shape index (κ1) is 13.1. The highest BCUT2D eigenvalue weighted by molar-refractivity contribution is 5.39. The molecule has 0 radical (unpaired) electrons. The standard InChI is InChI=1S/C15H15N3O/c1-19-14(13-5-3-2-4-6-13)11-18-15-8-7-12(9-16)10-17-15/h2-8,10,14H,11H2,1H3,(H,17,18)/t14-/m1/s1. The molecule has 0 aliphatic rings. The van der Waals surface area contributed by atoms with Crippen LogP contribution in [0.15, 0.2) is 48.7 Å². The topological polar surface area (TPSA) is 57.9 Å². The van der Waals surface area contributed by atoms with E-state index in [4.69, 9.17) is 10.00 Å². The summed E-state index contributed by atoms with van der Waals surface area (Å²) in [4.78, 5) is 4.16. The van der Waals surface area contributed by atoms with Gasteiger partial charge < -0.3 is 10.1 Å². The van der Waals surface area contributed by atoms with Crippen LogP contribution in [0.3, 0.4) is 0 Å². The van der Waals surface area contributed by atoms with Crippen molar-refractivity contribution in [3.05, 3.63) is 59.8 Å². The van der Waals surface area contributed by atoms with Crippen molar-refractivity contribution in [2.45, 2.75) is 6.10 Å². The Morgan fingerprint density at radius 1 is 1.26 bits per heavy atom. The molecule has 1 N–H and O–H groups in total. The minimum Gasteiger partial charge on any atom is -0.375 e. The molecule has 0 aliphatic heterocycles. The summed E-state index contributed by atoms with van der Waals surface area (Å²) < 4.78 is 5.46. The fourth-order valence-electron chi connectivity index (χ4n) is 1.77. The van der Waals surface area contributed by atoms with Crippen molar-refractivity contribution in [2.24, 2.45) is 0 Å². The number of hydrogen-bond acceptors (Lipinski definition) is 4. The van der Waals surface area contributed by atoms with E-state index in [2.05, 4.69) is 10.3 Å². The third-order valence-corrected chi connectivity index (χ3v) is 2.82. The average Bonchev–Trinajstić information content (AvgIpc) is 2.49. The number of ether oxygens (including phenoxy) is 1. The van der Waals surface area contributed by atoms with Crippen LogP contribution in [-0.4, -0.2) is 18.6 Å². The van der Waals surface area contributed by atoms with Gasteiger partial charge in [-0.25, -0.2) is 4.98 Å². The molecule has 1 atom stereocenters. The zero-order valence-electron chi connectivity index (χ0n) is 10.7. The second kappa shape index (κ2) is 6.53. The van der Waals surface area contributed by atoms with Crippen molar-refractivity contribution < 1.29 is 4.74 Å². The molecule has 0 saturated carbocycles. The van der Waals surface area contributed by atoms with Gasteiger partial charge >= 0.3 is 0 Å². The molecule has 0 saturated heterocycles. The van der Waals surface area contributed by atoms with Gasteiger partial charge in [-0.3, -0.25) is 0 Å². The van der Waals surface area contributed by atoms with Crippen molar-refractivity contribution in [2.75, 3.05) is 19.0 Å². The van der Waals surface area contributed by atoms with Crippen molar-refractivity contribution >= 4 is 5.82 Å². The summed E-state index contributed by atoms with van der Waals surface area (Å²) in [7, 11) is 1.69. The van der Waals surface area contributed by atoms with Crippen LogP contribution in [0.4, 0.5) is 5.82 Å². The molecule has 4 nitrogen and oxygen atoms in total. The molecule has 1 aromatic carbocycles. The van der Waals surface area contributed by atoms with Gasteiger partial charge in [-0.05, 0) is 17.7 Å². The van der Waals surface area contributed by atoms with Gasteiger partial charge in [0.05, 0.1) is 11.7 Å². The Morgan fingerprint density at radius 3 is 2.63 bits per heavy atom. The molecule has 0 aliphatic carbocycles. The van der Waals surface area contributed by atoms with Crippen molar-refractivity contribution in [3.63, 3.8) is 0 Å². The van der Waals surface area contributed by atoms with E-state index >= 15 is 0 Å². The van der Waals surface area contributed by atoms with E-state index in [0.717, 1.165) is 11.4 Å². The van der Waals surface area contributed by atoms with Crippen LogP contribution in [0.25, 0.3) is 0 Å². The molecule has 19 heavy (non-hydrogen) atoms. The summed E-state index contributed by atoms with van der Waals surface area (Å²) in [5.41, 5.74) is 1.67. The molecular formula is C15H15N3O. The van der Waals surface area contributed by atoms with Gasteiger partial charge in [-0.1, -0.05) is 30.3 Å². The molecule has 0 spiro atoms. The minimum atomic E-state index is -0.0290. The molecule has 4 heteroatoms. The highest BCUT2D eigenvalue weighted by Crippen LogP contribution is 2.16. The second-order valence-electron chi connectivity index (χ2n) is 4.06. The molecule has 2 rings (SSSR count). The lowest BCUT2D eigenvalue weighted by molar-refractivity contribution is 0.114. The van der Waals surface area contributed by atoms with Gasteiger partial charge in [0.15, 0.2) is 0 Å². The first-order valence-electron chi connectivity index (χ1n) is 6.01. The predicted molar refractivity (Wildman–Crippen MR) is 73.6 cm³/mol. The van der Waals surface area contributed by atoms with Gasteiger partial charge in [0.1, 0.15) is 11.9 Å². The Morgan fingerprint density at radius 2 is 2.05 bits per heavy atom. The van der Waals surface area contributed by atoms with E-state index in [1.165, 1.54) is 0 Å². The minimum absolute atomic E-state index is 0.0290. The maximum atomic E-state index is 8.70. The van der Waals surface area contributed by atoms with Gasteiger partial charge in [0.25, 0.3) is 0 Å². The highest BCUT2D eigenvalue weighted by Gasteiger charge is 2.09. The number of rotatable bonds is 5. The fraction of sp³-hybridized carbons (Fsp3) is 0.200. The van der Waals surface area contributed by atoms with Crippen LogP contribution in [-0.2, 0) is 4.74 Å². The number of anilines is 1. The third kappa shape index (κ3) is 3.54. The molecule has 2 aromatic rings. The second-order valence-corrected chi connectivity index (χ2v) is 4.06. The van der Waals surface area contributed by atoms with Crippen molar-refractivity contribution in [1.82, 2.24) is 4.98 Å². The number of aromatic nitrogens is 1. The number of hydrogen-bond donors (Lipinski definition) is 1. The lowest BCUT2D eigenvalue weighted by atomic mass is 10.1. The van der Waals surface area contributed by atoms with E-state index in [9.17, 15) is 0 Å². The fourth-order valence-corrected chi connectivity index (χ4v) is 1.77. The van der Waals surface area contributed by atoms with Crippen LogP contribution in [0.2, 0.25) is 0 Å². The molecule has 0 bridgehead atoms. The Labute approximate surface area is 112 Å². The Kier molecular flexibility index (Phi) is 4.49. The van der Waals surface area contributed by atoms with Crippen LogP contribution in [0.5, 0.6) is 0 Å². The molecule has 1 heterocycles. The summed E-state index contributed by atoms with van der Waals surface area (Å²) in [6.07, 6.45) is 1.52. The monoisotopic (exact) mass is 253 g/mol.